The minimum Gasteiger partial charge on any atom is -0.316 e. The van der Waals surface area contributed by atoms with Gasteiger partial charge in [0.1, 0.15) is 0 Å². The number of rotatable bonds is 2. The lowest BCUT2D eigenvalue weighted by Crippen LogP contribution is -2.28. The first-order chi connectivity index (χ1) is 8.34. The van der Waals surface area contributed by atoms with Crippen molar-refractivity contribution in [1.82, 2.24) is 5.32 Å². The molecular formula is C15H20ClN. The molecule has 3 rings (SSSR count). The third kappa shape index (κ3) is 2.36. The molecule has 0 bridgehead atoms. The monoisotopic (exact) mass is 249 g/mol. The van der Waals surface area contributed by atoms with E-state index in [1.54, 1.807) is 0 Å². The fourth-order valence-electron chi connectivity index (χ4n) is 3.68. The van der Waals surface area contributed by atoms with Gasteiger partial charge in [-0.1, -0.05) is 36.2 Å². The highest BCUT2D eigenvalue weighted by Gasteiger charge is 2.36. The van der Waals surface area contributed by atoms with Gasteiger partial charge in [-0.2, -0.15) is 0 Å². The van der Waals surface area contributed by atoms with Crippen molar-refractivity contribution < 1.29 is 0 Å². The van der Waals surface area contributed by atoms with E-state index in [-0.39, 0.29) is 0 Å². The van der Waals surface area contributed by atoms with Crippen molar-refractivity contribution in [2.45, 2.75) is 25.7 Å². The summed E-state index contributed by atoms with van der Waals surface area (Å²) in [6.45, 7) is 2.46. The molecule has 3 atom stereocenters. The first kappa shape index (κ1) is 11.6. The molecule has 1 saturated carbocycles. The van der Waals surface area contributed by atoms with Gasteiger partial charge in [-0.05, 0) is 61.7 Å². The summed E-state index contributed by atoms with van der Waals surface area (Å²) in [5, 5.41) is 4.51. The molecule has 1 aliphatic heterocycles. The number of halogens is 1. The Morgan fingerprint density at radius 2 is 2.06 bits per heavy atom. The molecule has 3 unspecified atom stereocenters. The van der Waals surface area contributed by atoms with Crippen molar-refractivity contribution in [3.05, 3.63) is 34.9 Å². The maximum atomic E-state index is 6.27. The molecule has 1 N–H and O–H groups in total. The first-order valence-electron chi connectivity index (χ1n) is 6.78. The fraction of sp³-hybridized carbons (Fsp3) is 0.600. The van der Waals surface area contributed by atoms with Gasteiger partial charge in [-0.3, -0.25) is 0 Å². The second-order valence-electron chi connectivity index (χ2n) is 5.57. The molecule has 0 spiro atoms. The van der Waals surface area contributed by atoms with Crippen LogP contribution < -0.4 is 5.32 Å². The fourth-order valence-corrected chi connectivity index (χ4v) is 3.89. The van der Waals surface area contributed by atoms with Gasteiger partial charge in [0.05, 0.1) is 0 Å². The van der Waals surface area contributed by atoms with E-state index in [2.05, 4.69) is 17.4 Å². The van der Waals surface area contributed by atoms with Gasteiger partial charge in [0.25, 0.3) is 0 Å². The SMILES string of the molecule is Clc1ccccc1CC1CCCC2CNCC21. The minimum absolute atomic E-state index is 0.837. The highest BCUT2D eigenvalue weighted by molar-refractivity contribution is 6.31. The topological polar surface area (TPSA) is 12.0 Å². The Balaban J connectivity index is 1.74. The highest BCUT2D eigenvalue weighted by atomic mass is 35.5. The largest absolute Gasteiger partial charge is 0.316 e. The zero-order valence-corrected chi connectivity index (χ0v) is 10.9. The number of hydrogen-bond acceptors (Lipinski definition) is 1. The van der Waals surface area contributed by atoms with Crippen LogP contribution in [-0.2, 0) is 6.42 Å². The molecule has 0 radical (unpaired) electrons. The van der Waals surface area contributed by atoms with Crippen molar-refractivity contribution in [3.63, 3.8) is 0 Å². The molecule has 2 fully saturated rings. The average molecular weight is 250 g/mol. The Hall–Kier alpha value is -0.530. The summed E-state index contributed by atoms with van der Waals surface area (Å²) < 4.78 is 0. The smallest absolute Gasteiger partial charge is 0.0438 e. The van der Waals surface area contributed by atoms with Crippen molar-refractivity contribution in [2.24, 2.45) is 17.8 Å². The molecule has 0 amide bonds. The summed E-state index contributed by atoms with van der Waals surface area (Å²) in [5.74, 6) is 2.65. The zero-order chi connectivity index (χ0) is 11.7. The first-order valence-corrected chi connectivity index (χ1v) is 7.16. The van der Waals surface area contributed by atoms with Crippen LogP contribution in [0.3, 0.4) is 0 Å². The molecule has 2 aliphatic rings. The number of hydrogen-bond donors (Lipinski definition) is 1. The maximum absolute atomic E-state index is 6.27. The molecular weight excluding hydrogens is 230 g/mol. The molecule has 92 valence electrons. The highest BCUT2D eigenvalue weighted by Crippen LogP contribution is 2.39. The summed E-state index contributed by atoms with van der Waals surface area (Å²) in [6.07, 6.45) is 5.38. The molecule has 1 nitrogen and oxygen atoms in total. The van der Waals surface area contributed by atoms with E-state index in [4.69, 9.17) is 11.6 Å². The van der Waals surface area contributed by atoms with Gasteiger partial charge in [0, 0.05) is 5.02 Å². The Kier molecular flexibility index (Phi) is 3.39. The van der Waals surface area contributed by atoms with Crippen molar-refractivity contribution in [2.75, 3.05) is 13.1 Å². The Bertz CT molecular complexity index is 390. The van der Waals surface area contributed by atoms with E-state index < -0.39 is 0 Å². The zero-order valence-electron chi connectivity index (χ0n) is 10.2. The summed E-state index contributed by atoms with van der Waals surface area (Å²) in [7, 11) is 0. The molecule has 17 heavy (non-hydrogen) atoms. The Morgan fingerprint density at radius 3 is 2.94 bits per heavy atom. The molecule has 1 saturated heterocycles. The van der Waals surface area contributed by atoms with E-state index in [1.165, 1.54) is 44.3 Å². The van der Waals surface area contributed by atoms with Crippen LogP contribution in [-0.4, -0.2) is 13.1 Å². The van der Waals surface area contributed by atoms with Gasteiger partial charge in [-0.25, -0.2) is 0 Å². The van der Waals surface area contributed by atoms with Crippen LogP contribution in [0.4, 0.5) is 0 Å². The molecule has 2 heteroatoms. The Morgan fingerprint density at radius 1 is 1.18 bits per heavy atom. The lowest BCUT2D eigenvalue weighted by atomic mass is 9.71. The lowest BCUT2D eigenvalue weighted by molar-refractivity contribution is 0.198. The van der Waals surface area contributed by atoms with Crippen LogP contribution in [0.5, 0.6) is 0 Å². The average Bonchev–Trinajstić information content (AvgIpc) is 2.81. The molecule has 1 heterocycles. The quantitative estimate of drug-likeness (QED) is 0.846. The standard InChI is InChI=1S/C15H20ClN/c16-15-7-2-1-4-12(15)8-11-5-3-6-13-9-17-10-14(11)13/h1-2,4,7,11,13-14,17H,3,5-6,8-10H2. The third-order valence-corrected chi connectivity index (χ3v) is 4.96. The number of benzene rings is 1. The van der Waals surface area contributed by atoms with Crippen molar-refractivity contribution in [3.8, 4) is 0 Å². The minimum atomic E-state index is 0.837. The van der Waals surface area contributed by atoms with Crippen molar-refractivity contribution in [1.29, 1.82) is 0 Å². The normalized spacial score (nSPS) is 32.4. The summed E-state index contributed by atoms with van der Waals surface area (Å²) in [4.78, 5) is 0. The predicted octanol–water partition coefficient (Wildman–Crippen LogP) is 3.52. The second kappa shape index (κ2) is 4.99. The van der Waals surface area contributed by atoms with Gasteiger partial charge < -0.3 is 5.32 Å². The maximum Gasteiger partial charge on any atom is 0.0438 e. The van der Waals surface area contributed by atoms with Crippen molar-refractivity contribution >= 4 is 11.6 Å². The summed E-state index contributed by atoms with van der Waals surface area (Å²) >= 11 is 6.27. The Labute approximate surface area is 109 Å². The second-order valence-corrected chi connectivity index (χ2v) is 5.98. The van der Waals surface area contributed by atoms with Gasteiger partial charge in [0.2, 0.25) is 0 Å². The van der Waals surface area contributed by atoms with Crippen LogP contribution in [0.25, 0.3) is 0 Å². The van der Waals surface area contributed by atoms with E-state index in [1.807, 2.05) is 12.1 Å². The van der Waals surface area contributed by atoms with Crippen LogP contribution in [0.15, 0.2) is 24.3 Å². The number of fused-ring (bicyclic) bond motifs is 1. The summed E-state index contributed by atoms with van der Waals surface area (Å²) in [5.41, 5.74) is 1.34. The van der Waals surface area contributed by atoms with Crippen LogP contribution in [0.1, 0.15) is 24.8 Å². The third-order valence-electron chi connectivity index (χ3n) is 4.59. The molecule has 1 aliphatic carbocycles. The van der Waals surface area contributed by atoms with Crippen LogP contribution in [0.2, 0.25) is 5.02 Å². The predicted molar refractivity (Wildman–Crippen MR) is 72.3 cm³/mol. The van der Waals surface area contributed by atoms with Gasteiger partial charge >= 0.3 is 0 Å². The van der Waals surface area contributed by atoms with E-state index >= 15 is 0 Å². The van der Waals surface area contributed by atoms with Gasteiger partial charge in [0.15, 0.2) is 0 Å². The van der Waals surface area contributed by atoms with E-state index in [0.29, 0.717) is 0 Å². The summed E-state index contributed by atoms with van der Waals surface area (Å²) in [6, 6.07) is 8.33. The molecule has 0 aromatic heterocycles. The van der Waals surface area contributed by atoms with E-state index in [9.17, 15) is 0 Å². The van der Waals surface area contributed by atoms with Gasteiger partial charge in [-0.15, -0.1) is 0 Å². The molecule has 1 aromatic carbocycles. The van der Waals surface area contributed by atoms with Crippen LogP contribution >= 0.6 is 11.6 Å². The van der Waals surface area contributed by atoms with Crippen LogP contribution in [0, 0.1) is 17.8 Å². The number of nitrogens with one attached hydrogen (secondary N) is 1. The van der Waals surface area contributed by atoms with E-state index in [0.717, 1.165) is 22.8 Å². The lowest BCUT2D eigenvalue weighted by Gasteiger charge is -2.33. The molecule has 1 aromatic rings.